The average molecular weight is 554 g/mol. The number of nitrogens with one attached hydrogen (secondary N) is 1. The number of phenolic OH excluding ortho intramolecular Hbond substituents is 1. The lowest BCUT2D eigenvalue weighted by atomic mass is 9.69. The summed E-state index contributed by atoms with van der Waals surface area (Å²) >= 11 is 6.57. The van der Waals surface area contributed by atoms with Crippen molar-refractivity contribution in [3.63, 3.8) is 0 Å². The van der Waals surface area contributed by atoms with Crippen molar-refractivity contribution in [3.05, 3.63) is 39.5 Å². The predicted octanol–water partition coefficient (Wildman–Crippen LogP) is 3.96. The van der Waals surface area contributed by atoms with E-state index in [0.29, 0.717) is 48.6 Å². The number of aromatic nitrogens is 2. The molecule has 9 heteroatoms. The first kappa shape index (κ1) is 24.6. The van der Waals surface area contributed by atoms with Gasteiger partial charge in [-0.15, -0.1) is 0 Å². The summed E-state index contributed by atoms with van der Waals surface area (Å²) in [6.07, 6.45) is 8.05. The SMILES string of the molecule is Oc1cc(Cl)c2c(c1)[C@@]1(CC2)CCc2c(nc(OCC3CCN4C[C@H](F)C[C@@H]34)nc2N2C[C@H]3CC[C@@H](C2)N3)C1. The van der Waals surface area contributed by atoms with Gasteiger partial charge in [-0.25, -0.2) is 4.39 Å². The van der Waals surface area contributed by atoms with Gasteiger partial charge in [-0.3, -0.25) is 4.90 Å². The van der Waals surface area contributed by atoms with Gasteiger partial charge in [0.15, 0.2) is 0 Å². The third-order valence-corrected chi connectivity index (χ3v) is 11.0. The summed E-state index contributed by atoms with van der Waals surface area (Å²) < 4.78 is 20.4. The number of anilines is 1. The molecule has 1 aromatic carbocycles. The Bertz CT molecular complexity index is 1300. The molecule has 39 heavy (non-hydrogen) atoms. The van der Waals surface area contributed by atoms with Crippen LogP contribution in [0.25, 0.3) is 0 Å². The lowest BCUT2D eigenvalue weighted by molar-refractivity contribution is 0.194. The van der Waals surface area contributed by atoms with Crippen molar-refractivity contribution in [1.82, 2.24) is 20.2 Å². The highest BCUT2D eigenvalue weighted by atomic mass is 35.5. The van der Waals surface area contributed by atoms with Crippen LogP contribution in [-0.4, -0.2) is 77.1 Å². The van der Waals surface area contributed by atoms with Crippen LogP contribution >= 0.6 is 11.6 Å². The van der Waals surface area contributed by atoms with Crippen molar-refractivity contribution in [1.29, 1.82) is 0 Å². The van der Waals surface area contributed by atoms with Gasteiger partial charge in [-0.05, 0) is 87.6 Å². The molecule has 5 heterocycles. The van der Waals surface area contributed by atoms with E-state index < -0.39 is 6.17 Å². The maximum absolute atomic E-state index is 14.1. The number of phenols is 1. The Morgan fingerprint density at radius 2 is 1.87 bits per heavy atom. The fourth-order valence-corrected chi connectivity index (χ4v) is 9.09. The molecule has 2 aromatic rings. The third kappa shape index (κ3) is 4.12. The Kier molecular flexibility index (Phi) is 5.80. The van der Waals surface area contributed by atoms with Crippen molar-refractivity contribution < 1.29 is 14.2 Å². The van der Waals surface area contributed by atoms with Crippen LogP contribution in [0.2, 0.25) is 5.02 Å². The van der Waals surface area contributed by atoms with E-state index in [1.165, 1.54) is 29.5 Å². The molecule has 4 aliphatic heterocycles. The second kappa shape index (κ2) is 9.18. The zero-order chi connectivity index (χ0) is 26.3. The minimum atomic E-state index is -0.717. The third-order valence-electron chi connectivity index (χ3n) is 10.7. The zero-order valence-electron chi connectivity index (χ0n) is 22.3. The molecule has 1 spiro atoms. The summed E-state index contributed by atoms with van der Waals surface area (Å²) in [6, 6.07) is 5.37. The maximum Gasteiger partial charge on any atom is 0.318 e. The summed E-state index contributed by atoms with van der Waals surface area (Å²) in [5.41, 5.74) is 4.64. The average Bonchev–Trinajstić information content (AvgIpc) is 3.66. The molecule has 8 rings (SSSR count). The fraction of sp³-hybridized carbons (Fsp3) is 0.667. The second-order valence-corrected chi connectivity index (χ2v) is 13.4. The highest BCUT2D eigenvalue weighted by molar-refractivity contribution is 6.31. The largest absolute Gasteiger partial charge is 0.508 e. The smallest absolute Gasteiger partial charge is 0.318 e. The number of rotatable bonds is 4. The van der Waals surface area contributed by atoms with E-state index in [2.05, 4.69) is 15.1 Å². The Morgan fingerprint density at radius 1 is 1.08 bits per heavy atom. The monoisotopic (exact) mass is 553 g/mol. The number of aromatic hydroxyl groups is 1. The molecule has 0 radical (unpaired) electrons. The van der Waals surface area contributed by atoms with Crippen LogP contribution in [0.4, 0.5) is 10.2 Å². The molecule has 6 atom stereocenters. The van der Waals surface area contributed by atoms with E-state index >= 15 is 0 Å². The molecule has 7 nitrogen and oxygen atoms in total. The summed E-state index contributed by atoms with van der Waals surface area (Å²) in [4.78, 5) is 14.9. The van der Waals surface area contributed by atoms with Gasteiger partial charge in [-0.1, -0.05) is 11.6 Å². The van der Waals surface area contributed by atoms with Crippen molar-refractivity contribution in [3.8, 4) is 11.8 Å². The first-order valence-electron chi connectivity index (χ1n) is 14.9. The van der Waals surface area contributed by atoms with Crippen molar-refractivity contribution in [2.24, 2.45) is 5.92 Å². The quantitative estimate of drug-likeness (QED) is 0.594. The molecule has 208 valence electrons. The molecular formula is C30H37ClFN5O2. The molecule has 2 aliphatic carbocycles. The molecule has 4 fully saturated rings. The maximum atomic E-state index is 14.1. The Balaban J connectivity index is 1.12. The van der Waals surface area contributed by atoms with Crippen LogP contribution in [0.3, 0.4) is 0 Å². The lowest BCUT2D eigenvalue weighted by Crippen LogP contribution is -2.52. The first-order valence-corrected chi connectivity index (χ1v) is 15.3. The van der Waals surface area contributed by atoms with Crippen molar-refractivity contribution >= 4 is 17.4 Å². The van der Waals surface area contributed by atoms with Crippen LogP contribution in [0.1, 0.15) is 60.9 Å². The van der Waals surface area contributed by atoms with Gasteiger partial charge >= 0.3 is 6.01 Å². The number of piperazine rings is 1. The van der Waals surface area contributed by atoms with Gasteiger partial charge < -0.3 is 20.1 Å². The fourth-order valence-electron chi connectivity index (χ4n) is 8.78. The van der Waals surface area contributed by atoms with E-state index in [1.807, 2.05) is 6.07 Å². The summed E-state index contributed by atoms with van der Waals surface area (Å²) in [5, 5.41) is 14.8. The first-order chi connectivity index (χ1) is 18.9. The molecular weight excluding hydrogens is 517 g/mol. The highest BCUT2D eigenvalue weighted by Crippen LogP contribution is 2.51. The number of nitrogens with zero attached hydrogens (tertiary/aromatic N) is 4. The number of fused-ring (bicyclic) bond motifs is 6. The molecule has 1 aromatic heterocycles. The number of alkyl halides is 1. The van der Waals surface area contributed by atoms with Crippen LogP contribution < -0.4 is 15.0 Å². The van der Waals surface area contributed by atoms with Crippen molar-refractivity contribution in [2.45, 2.75) is 87.5 Å². The van der Waals surface area contributed by atoms with Gasteiger partial charge in [0.1, 0.15) is 17.7 Å². The Labute approximate surface area is 234 Å². The Hall–Kier alpha value is -2.16. The molecule has 1 unspecified atom stereocenters. The second-order valence-electron chi connectivity index (χ2n) is 13.0. The molecule has 2 bridgehead atoms. The number of halogens is 2. The van der Waals surface area contributed by atoms with Gasteiger partial charge in [0.25, 0.3) is 0 Å². The lowest BCUT2D eigenvalue weighted by Gasteiger charge is -2.39. The van der Waals surface area contributed by atoms with Gasteiger partial charge in [0.2, 0.25) is 0 Å². The van der Waals surface area contributed by atoms with Crippen LogP contribution in [0, 0.1) is 5.92 Å². The predicted molar refractivity (Wildman–Crippen MR) is 148 cm³/mol. The summed E-state index contributed by atoms with van der Waals surface area (Å²) in [5.74, 6) is 1.61. The number of ether oxygens (including phenoxy) is 1. The standard InChI is InChI=1S/C30H37ClFN5O2/c31-25-11-21(38)10-24-22(25)3-6-30(24)7-4-23-26(12-30)34-29(35-28(23)37-14-19-1-2-20(15-37)33-19)39-16-17-5-8-36-13-18(32)9-27(17)36/h10-11,17-20,27,33,38H,1-9,12-16H2/t17?,18-,19-,20+,27+,30+/m1/s1. The van der Waals surface area contributed by atoms with E-state index in [4.69, 9.17) is 26.3 Å². The highest BCUT2D eigenvalue weighted by Gasteiger charge is 2.45. The molecule has 0 saturated carbocycles. The topological polar surface area (TPSA) is 73.8 Å². The minimum absolute atomic E-state index is 0.0674. The number of benzene rings is 1. The minimum Gasteiger partial charge on any atom is -0.508 e. The van der Waals surface area contributed by atoms with Gasteiger partial charge in [0, 0.05) is 59.7 Å². The normalized spacial score (nSPS) is 34.9. The number of hydrogen-bond donors (Lipinski definition) is 2. The molecule has 2 N–H and O–H groups in total. The molecule has 4 saturated heterocycles. The van der Waals surface area contributed by atoms with E-state index in [0.717, 1.165) is 69.7 Å². The summed E-state index contributed by atoms with van der Waals surface area (Å²) in [6.45, 7) is 3.99. The molecule has 0 amide bonds. The van der Waals surface area contributed by atoms with E-state index in [9.17, 15) is 9.50 Å². The van der Waals surface area contributed by atoms with Gasteiger partial charge in [-0.2, -0.15) is 9.97 Å². The zero-order valence-corrected chi connectivity index (χ0v) is 23.1. The van der Waals surface area contributed by atoms with E-state index in [-0.39, 0.29) is 17.2 Å². The van der Waals surface area contributed by atoms with Crippen LogP contribution in [0.15, 0.2) is 12.1 Å². The molecule has 6 aliphatic rings. The number of hydrogen-bond acceptors (Lipinski definition) is 7. The summed E-state index contributed by atoms with van der Waals surface area (Å²) in [7, 11) is 0. The van der Waals surface area contributed by atoms with Crippen molar-refractivity contribution in [2.75, 3.05) is 37.7 Å². The van der Waals surface area contributed by atoms with E-state index in [1.54, 1.807) is 6.07 Å². The Morgan fingerprint density at radius 3 is 2.69 bits per heavy atom. The van der Waals surface area contributed by atoms with Gasteiger partial charge in [0.05, 0.1) is 12.3 Å². The van der Waals surface area contributed by atoms with Crippen LogP contribution in [-0.2, 0) is 24.7 Å². The van der Waals surface area contributed by atoms with Crippen LogP contribution in [0.5, 0.6) is 11.8 Å².